The Morgan fingerprint density at radius 2 is 2.10 bits per heavy atom. The number of anilines is 1. The van der Waals surface area contributed by atoms with Gasteiger partial charge in [-0.25, -0.2) is 4.98 Å². The molecule has 4 rings (SSSR count). The van der Waals surface area contributed by atoms with E-state index in [1.54, 1.807) is 0 Å². The molecule has 21 heavy (non-hydrogen) atoms. The SMILES string of the molecule is CN1C2CCC1CC(Nc1ccc3sc(C#N)nc3c1)C2. The molecular weight excluding hydrogens is 280 g/mol. The van der Waals surface area contributed by atoms with Crippen LogP contribution in [0.15, 0.2) is 18.2 Å². The highest BCUT2D eigenvalue weighted by atomic mass is 32.1. The van der Waals surface area contributed by atoms with E-state index in [1.165, 1.54) is 37.0 Å². The molecule has 4 nitrogen and oxygen atoms in total. The molecule has 5 heteroatoms. The summed E-state index contributed by atoms with van der Waals surface area (Å²) in [6.45, 7) is 0. The van der Waals surface area contributed by atoms with Gasteiger partial charge in [0, 0.05) is 23.8 Å². The van der Waals surface area contributed by atoms with Crippen molar-refractivity contribution in [2.24, 2.45) is 0 Å². The lowest BCUT2D eigenvalue weighted by atomic mass is 9.98. The Balaban J connectivity index is 1.53. The molecule has 0 aliphatic carbocycles. The van der Waals surface area contributed by atoms with Crippen molar-refractivity contribution in [3.05, 3.63) is 23.2 Å². The van der Waals surface area contributed by atoms with E-state index in [-0.39, 0.29) is 0 Å². The zero-order valence-electron chi connectivity index (χ0n) is 12.0. The molecule has 1 N–H and O–H groups in total. The zero-order valence-corrected chi connectivity index (χ0v) is 12.9. The Bertz CT molecular complexity index is 703. The van der Waals surface area contributed by atoms with Gasteiger partial charge in [0.2, 0.25) is 0 Å². The number of rotatable bonds is 2. The van der Waals surface area contributed by atoms with Gasteiger partial charge in [0.15, 0.2) is 5.01 Å². The van der Waals surface area contributed by atoms with Crippen LogP contribution in [-0.4, -0.2) is 35.1 Å². The van der Waals surface area contributed by atoms with Crippen LogP contribution in [-0.2, 0) is 0 Å². The first-order valence-corrected chi connectivity index (χ1v) is 8.34. The molecule has 1 aromatic heterocycles. The van der Waals surface area contributed by atoms with E-state index in [4.69, 9.17) is 5.26 Å². The first-order chi connectivity index (χ1) is 10.2. The van der Waals surface area contributed by atoms with Crippen LogP contribution in [0.3, 0.4) is 0 Å². The maximum absolute atomic E-state index is 8.94. The molecule has 2 fully saturated rings. The van der Waals surface area contributed by atoms with Crippen molar-refractivity contribution >= 4 is 27.2 Å². The van der Waals surface area contributed by atoms with Gasteiger partial charge in [0.05, 0.1) is 10.2 Å². The third kappa shape index (κ3) is 2.29. The molecule has 0 spiro atoms. The lowest BCUT2D eigenvalue weighted by Crippen LogP contribution is -2.44. The Labute approximate surface area is 128 Å². The van der Waals surface area contributed by atoms with Crippen LogP contribution in [0.25, 0.3) is 10.2 Å². The number of piperidine rings is 1. The third-order valence-electron chi connectivity index (χ3n) is 4.95. The second-order valence-electron chi connectivity index (χ2n) is 6.18. The predicted octanol–water partition coefficient (Wildman–Crippen LogP) is 3.21. The summed E-state index contributed by atoms with van der Waals surface area (Å²) in [6.07, 6.45) is 5.14. The summed E-state index contributed by atoms with van der Waals surface area (Å²) >= 11 is 1.46. The molecule has 0 saturated carbocycles. The molecule has 3 heterocycles. The summed E-state index contributed by atoms with van der Waals surface area (Å²) in [4.78, 5) is 6.90. The Morgan fingerprint density at radius 1 is 1.33 bits per heavy atom. The van der Waals surface area contributed by atoms with Gasteiger partial charge < -0.3 is 10.2 Å². The molecule has 2 atom stereocenters. The minimum Gasteiger partial charge on any atom is -0.382 e. The monoisotopic (exact) mass is 298 g/mol. The lowest BCUT2D eigenvalue weighted by molar-refractivity contribution is 0.169. The molecule has 0 amide bonds. The molecule has 108 valence electrons. The smallest absolute Gasteiger partial charge is 0.195 e. The number of hydrogen-bond acceptors (Lipinski definition) is 5. The summed E-state index contributed by atoms with van der Waals surface area (Å²) in [6, 6.07) is 10.4. The number of hydrogen-bond donors (Lipinski definition) is 1. The molecule has 0 radical (unpaired) electrons. The summed E-state index contributed by atoms with van der Waals surface area (Å²) in [5.74, 6) is 0. The van der Waals surface area contributed by atoms with Crippen molar-refractivity contribution in [2.75, 3.05) is 12.4 Å². The van der Waals surface area contributed by atoms with Gasteiger partial charge in [-0.3, -0.25) is 0 Å². The average molecular weight is 298 g/mol. The zero-order chi connectivity index (χ0) is 14.4. The Kier molecular flexibility index (Phi) is 3.09. The molecule has 2 aliphatic heterocycles. The summed E-state index contributed by atoms with van der Waals surface area (Å²) in [5.41, 5.74) is 2.06. The van der Waals surface area contributed by atoms with Crippen molar-refractivity contribution in [1.29, 1.82) is 5.26 Å². The van der Waals surface area contributed by atoms with Crippen LogP contribution in [0.5, 0.6) is 0 Å². The normalized spacial score (nSPS) is 28.7. The molecule has 2 aliphatic rings. The van der Waals surface area contributed by atoms with E-state index in [1.807, 2.05) is 0 Å². The van der Waals surface area contributed by atoms with Crippen LogP contribution < -0.4 is 5.32 Å². The third-order valence-corrected chi connectivity index (χ3v) is 5.89. The van der Waals surface area contributed by atoms with Crippen molar-refractivity contribution in [3.8, 4) is 6.07 Å². The van der Waals surface area contributed by atoms with Gasteiger partial charge in [0.25, 0.3) is 0 Å². The van der Waals surface area contributed by atoms with E-state index >= 15 is 0 Å². The molecular formula is C16H18N4S. The number of fused-ring (bicyclic) bond motifs is 3. The first-order valence-electron chi connectivity index (χ1n) is 7.52. The fourth-order valence-corrected chi connectivity index (χ4v) is 4.57. The molecule has 2 saturated heterocycles. The van der Waals surface area contributed by atoms with Gasteiger partial charge in [-0.2, -0.15) is 5.26 Å². The maximum Gasteiger partial charge on any atom is 0.195 e. The lowest BCUT2D eigenvalue weighted by Gasteiger charge is -2.37. The number of nitrogens with one attached hydrogen (secondary N) is 1. The van der Waals surface area contributed by atoms with Gasteiger partial charge in [-0.15, -0.1) is 11.3 Å². The highest BCUT2D eigenvalue weighted by Gasteiger charge is 2.38. The predicted molar refractivity (Wildman–Crippen MR) is 85.6 cm³/mol. The first kappa shape index (κ1) is 13.1. The van der Waals surface area contributed by atoms with Gasteiger partial charge >= 0.3 is 0 Å². The number of nitriles is 1. The van der Waals surface area contributed by atoms with Gasteiger partial charge in [-0.1, -0.05) is 0 Å². The second-order valence-corrected chi connectivity index (χ2v) is 7.21. The molecule has 2 bridgehead atoms. The van der Waals surface area contributed by atoms with E-state index in [0.717, 1.165) is 28.0 Å². The minimum atomic E-state index is 0.541. The number of benzene rings is 1. The van der Waals surface area contributed by atoms with Gasteiger partial charge in [0.1, 0.15) is 6.07 Å². The quantitative estimate of drug-likeness (QED) is 0.925. The summed E-state index contributed by atoms with van der Waals surface area (Å²) < 4.78 is 1.08. The second kappa shape index (κ2) is 4.97. The minimum absolute atomic E-state index is 0.541. The van der Waals surface area contributed by atoms with Crippen LogP contribution in [0.1, 0.15) is 30.7 Å². The molecule has 2 aromatic rings. The van der Waals surface area contributed by atoms with Crippen LogP contribution in [0.4, 0.5) is 5.69 Å². The molecule has 1 aromatic carbocycles. The highest BCUT2D eigenvalue weighted by molar-refractivity contribution is 7.19. The van der Waals surface area contributed by atoms with Crippen molar-refractivity contribution in [1.82, 2.24) is 9.88 Å². The summed E-state index contributed by atoms with van der Waals surface area (Å²) in [5, 5.41) is 13.2. The largest absolute Gasteiger partial charge is 0.382 e. The Morgan fingerprint density at radius 3 is 2.81 bits per heavy atom. The highest BCUT2D eigenvalue weighted by Crippen LogP contribution is 2.35. The summed E-state index contributed by atoms with van der Waals surface area (Å²) in [7, 11) is 2.27. The van der Waals surface area contributed by atoms with Gasteiger partial charge in [-0.05, 0) is 50.9 Å². The maximum atomic E-state index is 8.94. The topological polar surface area (TPSA) is 52.0 Å². The van der Waals surface area contributed by atoms with Crippen molar-refractivity contribution < 1.29 is 0 Å². The number of aromatic nitrogens is 1. The van der Waals surface area contributed by atoms with Crippen LogP contribution in [0, 0.1) is 11.3 Å². The average Bonchev–Trinajstić information content (AvgIpc) is 2.96. The van der Waals surface area contributed by atoms with E-state index in [0.29, 0.717) is 11.0 Å². The van der Waals surface area contributed by atoms with E-state index < -0.39 is 0 Å². The number of nitrogens with zero attached hydrogens (tertiary/aromatic N) is 3. The van der Waals surface area contributed by atoms with Crippen LogP contribution in [0.2, 0.25) is 0 Å². The van der Waals surface area contributed by atoms with E-state index in [9.17, 15) is 0 Å². The standard InChI is InChI=1S/C16H18N4S/c1-20-12-3-4-13(20)7-11(6-12)18-10-2-5-15-14(8-10)19-16(9-17)21-15/h2,5,8,11-13,18H,3-4,6-7H2,1H3. The van der Waals surface area contributed by atoms with Crippen LogP contribution >= 0.6 is 11.3 Å². The molecule has 2 unspecified atom stereocenters. The number of thiazole rings is 1. The fourth-order valence-electron chi connectivity index (χ4n) is 3.83. The van der Waals surface area contributed by atoms with Crippen molar-refractivity contribution in [2.45, 2.75) is 43.8 Å². The van der Waals surface area contributed by atoms with Crippen molar-refractivity contribution in [3.63, 3.8) is 0 Å². The van der Waals surface area contributed by atoms with E-state index in [2.05, 4.69) is 46.5 Å². The Hall–Kier alpha value is -1.64. The fraction of sp³-hybridized carbons (Fsp3) is 0.500.